The molecule has 0 bridgehead atoms. The van der Waals surface area contributed by atoms with E-state index in [1.807, 2.05) is 0 Å². The van der Waals surface area contributed by atoms with Crippen LogP contribution in [0.5, 0.6) is 0 Å². The highest BCUT2D eigenvalue weighted by atomic mass is 16.6. The zero-order valence-corrected chi connectivity index (χ0v) is 8.29. The molecule has 1 aromatic rings. The SMILES string of the molecule is NC1(C(=O)O)CCn2cnc([N+](=O)[O-])c2C1. The Morgan fingerprint density at radius 2 is 2.44 bits per heavy atom. The minimum absolute atomic E-state index is 0.0708. The van der Waals surface area contributed by atoms with Crippen LogP contribution >= 0.6 is 0 Å². The van der Waals surface area contributed by atoms with E-state index >= 15 is 0 Å². The van der Waals surface area contributed by atoms with Gasteiger partial charge in [-0.15, -0.1) is 0 Å². The van der Waals surface area contributed by atoms with E-state index in [1.54, 1.807) is 4.57 Å². The quantitative estimate of drug-likeness (QED) is 0.518. The second-order valence-corrected chi connectivity index (χ2v) is 3.85. The van der Waals surface area contributed by atoms with Gasteiger partial charge in [-0.1, -0.05) is 0 Å². The van der Waals surface area contributed by atoms with Crippen LogP contribution in [0.25, 0.3) is 0 Å². The van der Waals surface area contributed by atoms with Crippen molar-refractivity contribution in [1.29, 1.82) is 0 Å². The van der Waals surface area contributed by atoms with Crippen LogP contribution in [0.4, 0.5) is 5.82 Å². The highest BCUT2D eigenvalue weighted by molar-refractivity contribution is 5.79. The summed E-state index contributed by atoms with van der Waals surface area (Å²) < 4.78 is 1.58. The molecule has 0 saturated carbocycles. The average Bonchev–Trinajstić information content (AvgIpc) is 2.59. The van der Waals surface area contributed by atoms with Gasteiger partial charge in [0.25, 0.3) is 0 Å². The van der Waals surface area contributed by atoms with Crippen LogP contribution in [0, 0.1) is 10.1 Å². The van der Waals surface area contributed by atoms with Gasteiger partial charge in [0.2, 0.25) is 6.33 Å². The van der Waals surface area contributed by atoms with Gasteiger partial charge in [0.15, 0.2) is 0 Å². The third kappa shape index (κ3) is 1.43. The van der Waals surface area contributed by atoms with Gasteiger partial charge in [-0.25, -0.2) is 0 Å². The molecule has 1 aromatic heterocycles. The van der Waals surface area contributed by atoms with E-state index in [9.17, 15) is 14.9 Å². The number of aromatic nitrogens is 2. The number of aliphatic carboxylic acids is 1. The lowest BCUT2D eigenvalue weighted by Crippen LogP contribution is -2.53. The van der Waals surface area contributed by atoms with Gasteiger partial charge in [0, 0.05) is 13.0 Å². The summed E-state index contributed by atoms with van der Waals surface area (Å²) in [5.74, 6) is -1.45. The van der Waals surface area contributed by atoms with Crippen molar-refractivity contribution in [2.24, 2.45) is 5.73 Å². The number of nitrogens with zero attached hydrogens (tertiary/aromatic N) is 3. The molecule has 16 heavy (non-hydrogen) atoms. The molecule has 2 heterocycles. The number of rotatable bonds is 2. The summed E-state index contributed by atoms with van der Waals surface area (Å²) in [7, 11) is 0. The highest BCUT2D eigenvalue weighted by Gasteiger charge is 2.41. The number of carbonyl (C=O) groups is 1. The summed E-state index contributed by atoms with van der Waals surface area (Å²) in [6.45, 7) is 0.332. The third-order valence-corrected chi connectivity index (χ3v) is 2.80. The number of nitrogens with two attached hydrogens (primary N) is 1. The lowest BCUT2D eigenvalue weighted by molar-refractivity contribution is -0.390. The molecule has 8 heteroatoms. The minimum atomic E-state index is -1.43. The molecule has 2 rings (SSSR count). The van der Waals surface area contributed by atoms with E-state index < -0.39 is 16.4 Å². The highest BCUT2D eigenvalue weighted by Crippen LogP contribution is 2.28. The molecule has 0 amide bonds. The molecule has 0 aliphatic carbocycles. The van der Waals surface area contributed by atoms with Gasteiger partial charge >= 0.3 is 11.8 Å². The van der Waals surface area contributed by atoms with Crippen molar-refractivity contribution in [3.05, 3.63) is 22.1 Å². The standard InChI is InChI=1S/C8H10N4O4/c9-8(7(13)14)1-2-11-4-10-6(12(15)16)5(11)3-8/h4H,1-3,9H2,(H,13,14). The van der Waals surface area contributed by atoms with E-state index in [1.165, 1.54) is 6.33 Å². The largest absolute Gasteiger partial charge is 0.480 e. The van der Waals surface area contributed by atoms with Crippen molar-refractivity contribution in [2.75, 3.05) is 0 Å². The number of aryl methyl sites for hydroxylation is 1. The van der Waals surface area contributed by atoms with Crippen LogP contribution in [0.15, 0.2) is 6.33 Å². The number of carboxylic acids is 1. The van der Waals surface area contributed by atoms with E-state index in [4.69, 9.17) is 10.8 Å². The summed E-state index contributed by atoms with van der Waals surface area (Å²) in [4.78, 5) is 24.6. The zero-order chi connectivity index (χ0) is 11.9. The number of hydrogen-bond donors (Lipinski definition) is 2. The van der Waals surface area contributed by atoms with Gasteiger partial charge in [-0.05, 0) is 16.3 Å². The Labute approximate surface area is 89.8 Å². The molecule has 1 unspecified atom stereocenters. The Hall–Kier alpha value is -1.96. The molecule has 86 valence electrons. The minimum Gasteiger partial charge on any atom is -0.480 e. The zero-order valence-electron chi connectivity index (χ0n) is 8.29. The van der Waals surface area contributed by atoms with E-state index in [2.05, 4.69) is 4.98 Å². The molecule has 3 N–H and O–H groups in total. The molecule has 8 nitrogen and oxygen atoms in total. The molecular formula is C8H10N4O4. The smallest absolute Gasteiger partial charge is 0.384 e. The number of carboxylic acid groups (broad SMARTS) is 1. The van der Waals surface area contributed by atoms with Gasteiger partial charge < -0.3 is 25.5 Å². The van der Waals surface area contributed by atoms with E-state index in [0.29, 0.717) is 6.54 Å². The first-order chi connectivity index (χ1) is 7.44. The molecule has 0 spiro atoms. The number of hydrogen-bond acceptors (Lipinski definition) is 5. The van der Waals surface area contributed by atoms with Crippen LogP contribution in [-0.2, 0) is 17.8 Å². The Morgan fingerprint density at radius 3 is 3.00 bits per heavy atom. The number of nitro groups is 1. The van der Waals surface area contributed by atoms with Gasteiger partial charge in [0.05, 0.1) is 0 Å². The number of fused-ring (bicyclic) bond motifs is 1. The lowest BCUT2D eigenvalue weighted by Gasteiger charge is -2.28. The van der Waals surface area contributed by atoms with Gasteiger partial charge in [0.1, 0.15) is 11.2 Å². The van der Waals surface area contributed by atoms with E-state index in [-0.39, 0.29) is 24.4 Å². The monoisotopic (exact) mass is 226 g/mol. The van der Waals surface area contributed by atoms with Crippen molar-refractivity contribution in [2.45, 2.75) is 24.9 Å². The molecular weight excluding hydrogens is 216 g/mol. The Kier molecular flexibility index (Phi) is 2.16. The van der Waals surface area contributed by atoms with Crippen molar-refractivity contribution in [1.82, 2.24) is 9.55 Å². The van der Waals surface area contributed by atoms with Crippen molar-refractivity contribution in [3.8, 4) is 0 Å². The fraction of sp³-hybridized carbons (Fsp3) is 0.500. The van der Waals surface area contributed by atoms with Gasteiger partial charge in [-0.2, -0.15) is 0 Å². The average molecular weight is 226 g/mol. The van der Waals surface area contributed by atoms with E-state index in [0.717, 1.165) is 0 Å². The summed E-state index contributed by atoms with van der Waals surface area (Å²) in [5.41, 5.74) is 4.53. The lowest BCUT2D eigenvalue weighted by atomic mass is 9.88. The maximum Gasteiger partial charge on any atom is 0.384 e. The maximum absolute atomic E-state index is 11.0. The molecule has 1 atom stereocenters. The third-order valence-electron chi connectivity index (χ3n) is 2.80. The van der Waals surface area contributed by atoms with Crippen LogP contribution in [0.3, 0.4) is 0 Å². The van der Waals surface area contributed by atoms with Crippen LogP contribution in [0.1, 0.15) is 12.1 Å². The summed E-state index contributed by atoms with van der Waals surface area (Å²) in [6, 6.07) is 0. The molecule has 0 saturated heterocycles. The second-order valence-electron chi connectivity index (χ2n) is 3.85. The van der Waals surface area contributed by atoms with Crippen LogP contribution in [-0.4, -0.2) is 31.1 Å². The number of imidazole rings is 1. The van der Waals surface area contributed by atoms with Crippen molar-refractivity contribution < 1.29 is 14.8 Å². The summed E-state index contributed by atoms with van der Waals surface area (Å²) >= 11 is 0. The van der Waals surface area contributed by atoms with Crippen LogP contribution in [0.2, 0.25) is 0 Å². The summed E-state index contributed by atoms with van der Waals surface area (Å²) in [6.07, 6.45) is 1.51. The summed E-state index contributed by atoms with van der Waals surface area (Å²) in [5, 5.41) is 19.6. The first-order valence-electron chi connectivity index (χ1n) is 4.65. The fourth-order valence-electron chi connectivity index (χ4n) is 1.81. The Bertz CT molecular complexity index is 469. The second kappa shape index (κ2) is 3.27. The fourth-order valence-corrected chi connectivity index (χ4v) is 1.81. The predicted octanol–water partition coefficient (Wildman–Crippen LogP) is -0.480. The topological polar surface area (TPSA) is 124 Å². The first-order valence-corrected chi connectivity index (χ1v) is 4.65. The van der Waals surface area contributed by atoms with Crippen LogP contribution < -0.4 is 5.73 Å². The predicted molar refractivity (Wildman–Crippen MR) is 51.8 cm³/mol. The van der Waals surface area contributed by atoms with Gasteiger partial charge in [-0.3, -0.25) is 4.79 Å². The molecule has 0 radical (unpaired) electrons. The van der Waals surface area contributed by atoms with Crippen molar-refractivity contribution >= 4 is 11.8 Å². The first kappa shape index (κ1) is 10.6. The maximum atomic E-state index is 11.0. The Morgan fingerprint density at radius 1 is 1.75 bits per heavy atom. The molecule has 1 aliphatic heterocycles. The normalized spacial score (nSPS) is 23.8. The van der Waals surface area contributed by atoms with Crippen molar-refractivity contribution in [3.63, 3.8) is 0 Å². The molecule has 0 aromatic carbocycles. The molecule has 1 aliphatic rings. The Balaban J connectivity index is 2.42. The molecule has 0 fully saturated rings.